The van der Waals surface area contributed by atoms with E-state index in [0.717, 1.165) is 0 Å². The predicted octanol–water partition coefficient (Wildman–Crippen LogP) is -0.118. The first kappa shape index (κ1) is 6.01. The van der Waals surface area contributed by atoms with Crippen molar-refractivity contribution in [3.05, 3.63) is 12.4 Å². The minimum atomic E-state index is 1.65. The molecule has 0 aromatic rings. The number of nitrogens with zero attached hydrogens (tertiary/aromatic N) is 1. The van der Waals surface area contributed by atoms with Gasteiger partial charge in [-0.15, -0.1) is 0 Å². The van der Waals surface area contributed by atoms with Crippen molar-refractivity contribution < 1.29 is 0 Å². The van der Waals surface area contributed by atoms with Crippen molar-refractivity contribution in [1.29, 1.82) is 0 Å². The Hall–Kier alpha value is -0.990. The topological polar surface area (TPSA) is 36.4 Å². The molecule has 3 nitrogen and oxygen atoms in total. The molecule has 0 aromatic heterocycles. The highest BCUT2D eigenvalue weighted by atomic mass is 15.3. The van der Waals surface area contributed by atoms with Crippen LogP contribution in [0.4, 0.5) is 0 Å². The third kappa shape index (κ3) is 5.01. The van der Waals surface area contributed by atoms with Gasteiger partial charge in [0.25, 0.3) is 0 Å². The van der Waals surface area contributed by atoms with Gasteiger partial charge in [0.15, 0.2) is 0 Å². The van der Waals surface area contributed by atoms with Crippen molar-refractivity contribution in [2.45, 2.75) is 0 Å². The van der Waals surface area contributed by atoms with Gasteiger partial charge in [0.2, 0.25) is 0 Å². The lowest BCUT2D eigenvalue weighted by Gasteiger charge is -1.84. The van der Waals surface area contributed by atoms with Crippen LogP contribution in [0.3, 0.4) is 0 Å². The van der Waals surface area contributed by atoms with Crippen molar-refractivity contribution in [1.82, 2.24) is 10.7 Å². The van der Waals surface area contributed by atoms with Gasteiger partial charge in [-0.3, -0.25) is 5.43 Å². The molecule has 3 heteroatoms. The van der Waals surface area contributed by atoms with Crippen LogP contribution in [0.25, 0.3) is 0 Å². The second kappa shape index (κ2) is 5.01. The molecule has 0 spiro atoms. The van der Waals surface area contributed by atoms with Crippen LogP contribution in [0.5, 0.6) is 0 Å². The second-order valence-electron chi connectivity index (χ2n) is 0.909. The van der Waals surface area contributed by atoms with Crippen LogP contribution >= 0.6 is 0 Å². The first-order valence-electron chi connectivity index (χ1n) is 1.95. The van der Waals surface area contributed by atoms with E-state index in [1.165, 1.54) is 0 Å². The number of hydrazone groups is 1. The SMILES string of the molecule is C=NN/C=C\NC. The minimum Gasteiger partial charge on any atom is -0.393 e. The van der Waals surface area contributed by atoms with Crippen molar-refractivity contribution in [2.75, 3.05) is 7.05 Å². The summed E-state index contributed by atoms with van der Waals surface area (Å²) in [5.41, 5.74) is 2.52. The highest BCUT2D eigenvalue weighted by molar-refractivity contribution is 5.22. The van der Waals surface area contributed by atoms with E-state index in [1.807, 2.05) is 0 Å². The Morgan fingerprint density at radius 2 is 2.29 bits per heavy atom. The molecule has 0 aromatic carbocycles. The number of hydrogen-bond acceptors (Lipinski definition) is 3. The van der Waals surface area contributed by atoms with Gasteiger partial charge >= 0.3 is 0 Å². The maximum atomic E-state index is 3.35. The number of nitrogens with one attached hydrogen (secondary N) is 2. The normalized spacial score (nSPS) is 8.71. The fourth-order valence-corrected chi connectivity index (χ4v) is 0.173. The van der Waals surface area contributed by atoms with Crippen LogP contribution in [0, 0.1) is 0 Å². The third-order valence-electron chi connectivity index (χ3n) is 0.416. The molecule has 0 aliphatic rings. The molecule has 0 saturated heterocycles. The molecule has 0 atom stereocenters. The monoisotopic (exact) mass is 99.1 g/mol. The maximum absolute atomic E-state index is 3.35. The van der Waals surface area contributed by atoms with Crippen molar-refractivity contribution in [2.24, 2.45) is 5.10 Å². The van der Waals surface area contributed by atoms with E-state index in [9.17, 15) is 0 Å². The van der Waals surface area contributed by atoms with Crippen LogP contribution in [0.1, 0.15) is 0 Å². The van der Waals surface area contributed by atoms with Gasteiger partial charge in [0, 0.05) is 26.2 Å². The second-order valence-corrected chi connectivity index (χ2v) is 0.909. The Morgan fingerprint density at radius 3 is 2.71 bits per heavy atom. The molecule has 0 fully saturated rings. The summed E-state index contributed by atoms with van der Waals surface area (Å²) in [5, 5.41) is 6.12. The molecule has 0 saturated carbocycles. The summed E-state index contributed by atoms with van der Waals surface area (Å²) in [7, 11) is 1.81. The summed E-state index contributed by atoms with van der Waals surface area (Å²) in [4.78, 5) is 0. The fourth-order valence-electron chi connectivity index (χ4n) is 0.173. The van der Waals surface area contributed by atoms with Gasteiger partial charge in [-0.05, 0) is 0 Å². The molecule has 0 bridgehead atoms. The zero-order valence-corrected chi connectivity index (χ0v) is 4.31. The highest BCUT2D eigenvalue weighted by Crippen LogP contribution is 1.54. The number of hydrogen-bond donors (Lipinski definition) is 2. The van der Waals surface area contributed by atoms with Crippen LogP contribution in [-0.4, -0.2) is 13.8 Å². The Kier molecular flexibility index (Phi) is 4.30. The van der Waals surface area contributed by atoms with E-state index in [-0.39, 0.29) is 0 Å². The fraction of sp³-hybridized carbons (Fsp3) is 0.250. The molecule has 2 N–H and O–H groups in total. The Labute approximate surface area is 43.1 Å². The van der Waals surface area contributed by atoms with Crippen LogP contribution in [-0.2, 0) is 0 Å². The van der Waals surface area contributed by atoms with Crippen molar-refractivity contribution in [3.63, 3.8) is 0 Å². The molecule has 7 heavy (non-hydrogen) atoms. The summed E-state index contributed by atoms with van der Waals surface area (Å²) in [6.45, 7) is 3.19. The summed E-state index contributed by atoms with van der Waals surface area (Å²) < 4.78 is 0. The van der Waals surface area contributed by atoms with E-state index >= 15 is 0 Å². The van der Waals surface area contributed by atoms with E-state index in [2.05, 4.69) is 22.6 Å². The first-order valence-corrected chi connectivity index (χ1v) is 1.95. The molecule has 0 radical (unpaired) electrons. The summed E-state index contributed by atoms with van der Waals surface area (Å²) in [6.07, 6.45) is 3.36. The molecule has 0 unspecified atom stereocenters. The Bertz CT molecular complexity index is 67.3. The molecule has 0 amide bonds. The van der Waals surface area contributed by atoms with Gasteiger partial charge < -0.3 is 5.32 Å². The average Bonchev–Trinajstić information content (AvgIpc) is 1.69. The van der Waals surface area contributed by atoms with E-state index in [0.29, 0.717) is 0 Å². The summed E-state index contributed by atoms with van der Waals surface area (Å²) in [6, 6.07) is 0. The van der Waals surface area contributed by atoms with Crippen molar-refractivity contribution in [3.8, 4) is 0 Å². The van der Waals surface area contributed by atoms with E-state index in [4.69, 9.17) is 0 Å². The lowest BCUT2D eigenvalue weighted by atomic mass is 10.9. The highest BCUT2D eigenvalue weighted by Gasteiger charge is 1.56. The average molecular weight is 99.1 g/mol. The molecule has 0 aliphatic carbocycles. The zero-order valence-electron chi connectivity index (χ0n) is 4.31. The van der Waals surface area contributed by atoms with Gasteiger partial charge in [0.05, 0.1) is 0 Å². The summed E-state index contributed by atoms with van der Waals surface area (Å²) >= 11 is 0. The van der Waals surface area contributed by atoms with Gasteiger partial charge in [0.1, 0.15) is 0 Å². The zero-order chi connectivity index (χ0) is 5.54. The van der Waals surface area contributed by atoms with E-state index in [1.54, 1.807) is 19.4 Å². The molecular weight excluding hydrogens is 90.1 g/mol. The molecular formula is C4H9N3. The molecule has 40 valence electrons. The van der Waals surface area contributed by atoms with Gasteiger partial charge in [-0.25, -0.2) is 0 Å². The largest absolute Gasteiger partial charge is 0.393 e. The minimum absolute atomic E-state index is 1.65. The van der Waals surface area contributed by atoms with Crippen LogP contribution < -0.4 is 10.7 Å². The first-order chi connectivity index (χ1) is 3.41. The Morgan fingerprint density at radius 1 is 1.57 bits per heavy atom. The quantitative estimate of drug-likeness (QED) is 0.382. The van der Waals surface area contributed by atoms with E-state index < -0.39 is 0 Å². The van der Waals surface area contributed by atoms with Gasteiger partial charge in [-0.1, -0.05) is 0 Å². The molecule has 0 rings (SSSR count). The lowest BCUT2D eigenvalue weighted by Crippen LogP contribution is -1.97. The molecule has 0 heterocycles. The smallest absolute Gasteiger partial charge is 0.0356 e. The third-order valence-corrected chi connectivity index (χ3v) is 0.416. The number of rotatable bonds is 3. The lowest BCUT2D eigenvalue weighted by molar-refractivity contribution is 0.954. The maximum Gasteiger partial charge on any atom is 0.0356 e. The van der Waals surface area contributed by atoms with Gasteiger partial charge in [-0.2, -0.15) is 5.10 Å². The summed E-state index contributed by atoms with van der Waals surface area (Å²) in [5.74, 6) is 0. The standard InChI is InChI=1S/C4H9N3/c1-5-3-4-7-6-2/h3-5,7H,2H2,1H3/b4-3-. The Balaban J connectivity index is 2.92. The van der Waals surface area contributed by atoms with Crippen LogP contribution in [0.2, 0.25) is 0 Å². The predicted molar refractivity (Wildman–Crippen MR) is 30.9 cm³/mol. The van der Waals surface area contributed by atoms with Crippen molar-refractivity contribution >= 4 is 6.72 Å². The van der Waals surface area contributed by atoms with Crippen LogP contribution in [0.15, 0.2) is 17.5 Å². The molecule has 0 aliphatic heterocycles.